The first-order valence-electron chi connectivity index (χ1n) is 9.83. The predicted molar refractivity (Wildman–Crippen MR) is 114 cm³/mol. The molecule has 2 N–H and O–H groups in total. The Balaban J connectivity index is 1.54. The van der Waals surface area contributed by atoms with Gasteiger partial charge in [-0.15, -0.1) is 0 Å². The standard InChI is InChI=1S/C22H26N2O5S/c1-29-20-9-4-3-8-19(20)22(26)23-16-12-10-15(11-13-16)21(25)24-17-6-5-7-18(14-17)30(2,27)28/h3-9,14-16H,10-13H2,1-2H3,(H,23,26)(H,24,25). The van der Waals surface area contributed by atoms with Gasteiger partial charge in [0.2, 0.25) is 5.91 Å². The van der Waals surface area contributed by atoms with Gasteiger partial charge in [0.1, 0.15) is 5.75 Å². The lowest BCUT2D eigenvalue weighted by Gasteiger charge is -2.28. The van der Waals surface area contributed by atoms with Crippen LogP contribution in [-0.4, -0.2) is 39.6 Å². The predicted octanol–water partition coefficient (Wildman–Crippen LogP) is 3.03. The molecule has 0 atom stereocenters. The number of hydrogen-bond acceptors (Lipinski definition) is 5. The van der Waals surface area contributed by atoms with E-state index in [0.717, 1.165) is 6.26 Å². The van der Waals surface area contributed by atoms with Gasteiger partial charge >= 0.3 is 0 Å². The molecular formula is C22H26N2O5S. The van der Waals surface area contributed by atoms with E-state index in [0.29, 0.717) is 42.7 Å². The molecule has 1 saturated carbocycles. The van der Waals surface area contributed by atoms with Gasteiger partial charge in [-0.1, -0.05) is 18.2 Å². The van der Waals surface area contributed by atoms with Crippen LogP contribution in [0.15, 0.2) is 53.4 Å². The van der Waals surface area contributed by atoms with E-state index in [1.54, 1.807) is 30.3 Å². The Morgan fingerprint density at radius 2 is 1.70 bits per heavy atom. The zero-order chi connectivity index (χ0) is 21.7. The summed E-state index contributed by atoms with van der Waals surface area (Å²) >= 11 is 0. The van der Waals surface area contributed by atoms with Crippen LogP contribution in [0.25, 0.3) is 0 Å². The summed E-state index contributed by atoms with van der Waals surface area (Å²) in [6, 6.07) is 13.3. The molecule has 0 heterocycles. The van der Waals surface area contributed by atoms with Gasteiger partial charge in [0, 0.05) is 23.9 Å². The molecule has 3 rings (SSSR count). The van der Waals surface area contributed by atoms with Crippen molar-refractivity contribution in [3.05, 3.63) is 54.1 Å². The Bertz CT molecular complexity index is 1030. The lowest BCUT2D eigenvalue weighted by atomic mass is 9.85. The smallest absolute Gasteiger partial charge is 0.255 e. The average Bonchev–Trinajstić information content (AvgIpc) is 2.73. The first kappa shape index (κ1) is 21.8. The van der Waals surface area contributed by atoms with E-state index in [1.807, 2.05) is 6.07 Å². The lowest BCUT2D eigenvalue weighted by molar-refractivity contribution is -0.120. The van der Waals surface area contributed by atoms with Crippen LogP contribution in [0.5, 0.6) is 5.75 Å². The number of methoxy groups -OCH3 is 1. The third-order valence-electron chi connectivity index (χ3n) is 5.31. The number of nitrogens with one attached hydrogen (secondary N) is 2. The molecule has 0 bridgehead atoms. The largest absolute Gasteiger partial charge is 0.496 e. The summed E-state index contributed by atoms with van der Waals surface area (Å²) in [5.74, 6) is 0.0405. The third kappa shape index (κ3) is 5.38. The van der Waals surface area contributed by atoms with Crippen molar-refractivity contribution in [2.45, 2.75) is 36.6 Å². The number of hydrogen-bond donors (Lipinski definition) is 2. The van der Waals surface area contributed by atoms with Crippen LogP contribution in [0.4, 0.5) is 5.69 Å². The molecule has 7 nitrogen and oxygen atoms in total. The van der Waals surface area contributed by atoms with E-state index in [4.69, 9.17) is 4.74 Å². The second-order valence-corrected chi connectivity index (χ2v) is 9.53. The molecule has 2 aromatic carbocycles. The third-order valence-corrected chi connectivity index (χ3v) is 6.42. The van der Waals surface area contributed by atoms with E-state index < -0.39 is 9.84 Å². The number of sulfone groups is 1. The molecule has 8 heteroatoms. The normalized spacial score (nSPS) is 19.0. The van der Waals surface area contributed by atoms with Crippen molar-refractivity contribution in [3.63, 3.8) is 0 Å². The van der Waals surface area contributed by atoms with Crippen molar-refractivity contribution >= 4 is 27.3 Å². The van der Waals surface area contributed by atoms with Gasteiger partial charge in [-0.25, -0.2) is 8.42 Å². The molecule has 0 spiro atoms. The van der Waals surface area contributed by atoms with E-state index in [-0.39, 0.29) is 28.7 Å². The zero-order valence-electron chi connectivity index (χ0n) is 17.1. The fraction of sp³-hybridized carbons (Fsp3) is 0.364. The van der Waals surface area contributed by atoms with E-state index >= 15 is 0 Å². The molecule has 160 valence electrons. The van der Waals surface area contributed by atoms with Crippen molar-refractivity contribution in [1.82, 2.24) is 5.32 Å². The van der Waals surface area contributed by atoms with Crippen molar-refractivity contribution in [2.24, 2.45) is 5.92 Å². The Hall–Kier alpha value is -2.87. The van der Waals surface area contributed by atoms with Gasteiger partial charge in [-0.2, -0.15) is 0 Å². The van der Waals surface area contributed by atoms with Crippen LogP contribution in [0.1, 0.15) is 36.0 Å². The molecule has 2 aromatic rings. The molecule has 1 aliphatic rings. The van der Waals surface area contributed by atoms with Crippen molar-refractivity contribution in [1.29, 1.82) is 0 Å². The highest BCUT2D eigenvalue weighted by Gasteiger charge is 2.28. The van der Waals surface area contributed by atoms with E-state index in [2.05, 4.69) is 10.6 Å². The molecular weight excluding hydrogens is 404 g/mol. The maximum absolute atomic E-state index is 12.6. The molecule has 0 aliphatic heterocycles. The lowest BCUT2D eigenvalue weighted by Crippen LogP contribution is -2.39. The van der Waals surface area contributed by atoms with E-state index in [9.17, 15) is 18.0 Å². The van der Waals surface area contributed by atoms with Crippen molar-refractivity contribution in [3.8, 4) is 5.75 Å². The highest BCUT2D eigenvalue weighted by Crippen LogP contribution is 2.27. The Morgan fingerprint density at radius 3 is 2.37 bits per heavy atom. The first-order chi connectivity index (χ1) is 14.3. The highest BCUT2D eigenvalue weighted by molar-refractivity contribution is 7.90. The van der Waals surface area contributed by atoms with Crippen LogP contribution >= 0.6 is 0 Å². The minimum Gasteiger partial charge on any atom is -0.496 e. The topological polar surface area (TPSA) is 102 Å². The maximum Gasteiger partial charge on any atom is 0.255 e. The van der Waals surface area contributed by atoms with Gasteiger partial charge in [-0.05, 0) is 56.0 Å². The summed E-state index contributed by atoms with van der Waals surface area (Å²) in [7, 11) is -1.80. The Kier molecular flexibility index (Phi) is 6.77. The monoisotopic (exact) mass is 430 g/mol. The summed E-state index contributed by atoms with van der Waals surface area (Å²) in [5, 5.41) is 5.84. The number of ether oxygens (including phenoxy) is 1. The minimum atomic E-state index is -3.33. The molecule has 1 fully saturated rings. The fourth-order valence-corrected chi connectivity index (χ4v) is 4.31. The summed E-state index contributed by atoms with van der Waals surface area (Å²) in [6.45, 7) is 0. The van der Waals surface area contributed by atoms with Gasteiger partial charge in [-0.3, -0.25) is 9.59 Å². The first-order valence-corrected chi connectivity index (χ1v) is 11.7. The Labute approximate surface area is 176 Å². The van der Waals surface area contributed by atoms with Gasteiger partial charge in [0.15, 0.2) is 9.84 Å². The van der Waals surface area contributed by atoms with Crippen LogP contribution in [0.2, 0.25) is 0 Å². The quantitative estimate of drug-likeness (QED) is 0.734. The van der Waals surface area contributed by atoms with Crippen LogP contribution in [0, 0.1) is 5.92 Å². The van der Waals surface area contributed by atoms with E-state index in [1.165, 1.54) is 19.2 Å². The number of rotatable bonds is 6. The van der Waals surface area contributed by atoms with Crippen molar-refractivity contribution < 1.29 is 22.7 Å². The number of carbonyl (C=O) groups is 2. The second kappa shape index (κ2) is 9.30. The SMILES string of the molecule is COc1ccccc1C(=O)NC1CCC(C(=O)Nc2cccc(S(C)(=O)=O)c2)CC1. The number of anilines is 1. The summed E-state index contributed by atoms with van der Waals surface area (Å²) in [5.41, 5.74) is 0.958. The highest BCUT2D eigenvalue weighted by atomic mass is 32.2. The fourth-order valence-electron chi connectivity index (χ4n) is 3.64. The molecule has 30 heavy (non-hydrogen) atoms. The van der Waals surface area contributed by atoms with Gasteiger partial charge in [0.25, 0.3) is 5.91 Å². The number of benzene rings is 2. The van der Waals surface area contributed by atoms with Crippen LogP contribution < -0.4 is 15.4 Å². The molecule has 0 radical (unpaired) electrons. The van der Waals surface area contributed by atoms with Crippen LogP contribution in [-0.2, 0) is 14.6 Å². The summed E-state index contributed by atoms with van der Waals surface area (Å²) < 4.78 is 28.6. The maximum atomic E-state index is 12.6. The van der Waals surface area contributed by atoms with Gasteiger partial charge < -0.3 is 15.4 Å². The molecule has 1 aliphatic carbocycles. The molecule has 0 saturated heterocycles. The average molecular weight is 431 g/mol. The van der Waals surface area contributed by atoms with Crippen LogP contribution in [0.3, 0.4) is 0 Å². The number of para-hydroxylation sites is 1. The van der Waals surface area contributed by atoms with Gasteiger partial charge in [0.05, 0.1) is 17.6 Å². The number of amides is 2. The summed E-state index contributed by atoms with van der Waals surface area (Å²) in [6.07, 6.45) is 3.82. The minimum absolute atomic E-state index is 0.0000227. The Morgan fingerprint density at radius 1 is 1.00 bits per heavy atom. The second-order valence-electron chi connectivity index (χ2n) is 7.51. The number of carbonyl (C=O) groups excluding carboxylic acids is 2. The molecule has 2 amide bonds. The molecule has 0 unspecified atom stereocenters. The van der Waals surface area contributed by atoms with Crippen molar-refractivity contribution in [2.75, 3.05) is 18.7 Å². The molecule has 0 aromatic heterocycles. The zero-order valence-corrected chi connectivity index (χ0v) is 17.9. The summed E-state index contributed by atoms with van der Waals surface area (Å²) in [4.78, 5) is 25.3.